The van der Waals surface area contributed by atoms with Gasteiger partial charge in [-0.2, -0.15) is 0 Å². The fourth-order valence-electron chi connectivity index (χ4n) is 3.01. The molecule has 2 aromatic carbocycles. The monoisotopic (exact) mass is 355 g/mol. The Morgan fingerprint density at radius 2 is 1.81 bits per heavy atom. The second-order valence-electron chi connectivity index (χ2n) is 6.72. The van der Waals surface area contributed by atoms with Crippen LogP contribution in [-0.4, -0.2) is 43.4 Å². The Bertz CT molecular complexity index is 788. The van der Waals surface area contributed by atoms with Crippen molar-refractivity contribution in [1.82, 2.24) is 10.2 Å². The van der Waals surface area contributed by atoms with E-state index in [-0.39, 0.29) is 30.1 Å². The summed E-state index contributed by atoms with van der Waals surface area (Å²) in [5.74, 6) is -0.494. The summed E-state index contributed by atoms with van der Waals surface area (Å²) >= 11 is 0. The number of amides is 2. The molecule has 136 valence electrons. The molecule has 1 aliphatic heterocycles. The Balaban J connectivity index is 1.58. The summed E-state index contributed by atoms with van der Waals surface area (Å²) in [7, 11) is 3.88. The van der Waals surface area contributed by atoms with Crippen molar-refractivity contribution < 1.29 is 14.0 Å². The summed E-state index contributed by atoms with van der Waals surface area (Å²) < 4.78 is 13.0. The van der Waals surface area contributed by atoms with Crippen molar-refractivity contribution in [3.63, 3.8) is 0 Å². The smallest absolute Gasteiger partial charge is 0.251 e. The Morgan fingerprint density at radius 3 is 2.42 bits per heavy atom. The average molecular weight is 355 g/mol. The molecule has 1 heterocycles. The van der Waals surface area contributed by atoms with Gasteiger partial charge in [-0.3, -0.25) is 9.59 Å². The number of likely N-dealkylation sites (tertiary alicyclic amines) is 1. The van der Waals surface area contributed by atoms with Crippen LogP contribution < -0.4 is 10.2 Å². The van der Waals surface area contributed by atoms with Crippen molar-refractivity contribution in [1.29, 1.82) is 0 Å². The lowest BCUT2D eigenvalue weighted by Gasteiger charge is -2.17. The molecule has 26 heavy (non-hydrogen) atoms. The van der Waals surface area contributed by atoms with Crippen LogP contribution in [0.4, 0.5) is 10.1 Å². The van der Waals surface area contributed by atoms with Crippen molar-refractivity contribution in [2.45, 2.75) is 19.0 Å². The maximum absolute atomic E-state index is 13.0. The number of hydrogen-bond acceptors (Lipinski definition) is 3. The summed E-state index contributed by atoms with van der Waals surface area (Å²) in [5, 5.41) is 2.92. The molecular formula is C20H22FN3O2. The van der Waals surface area contributed by atoms with Gasteiger partial charge < -0.3 is 15.1 Å². The minimum absolute atomic E-state index is 0.0115. The van der Waals surface area contributed by atoms with Gasteiger partial charge in [-0.25, -0.2) is 4.39 Å². The molecule has 0 spiro atoms. The molecule has 1 aliphatic rings. The number of nitrogens with zero attached hydrogens (tertiary/aromatic N) is 2. The molecule has 1 fully saturated rings. The van der Waals surface area contributed by atoms with E-state index in [2.05, 4.69) is 5.32 Å². The number of nitrogens with one attached hydrogen (secondary N) is 1. The summed E-state index contributed by atoms with van der Waals surface area (Å²) in [6, 6.07) is 13.2. The number of halogens is 1. The first-order chi connectivity index (χ1) is 12.4. The average Bonchev–Trinajstić information content (AvgIpc) is 2.96. The first-order valence-electron chi connectivity index (χ1n) is 8.53. The Labute approximate surface area is 152 Å². The van der Waals surface area contributed by atoms with Gasteiger partial charge in [0.1, 0.15) is 5.82 Å². The zero-order valence-electron chi connectivity index (χ0n) is 14.9. The number of hydrogen-bond donors (Lipinski definition) is 1. The van der Waals surface area contributed by atoms with Gasteiger partial charge in [0.25, 0.3) is 5.91 Å². The van der Waals surface area contributed by atoms with E-state index in [1.165, 1.54) is 12.1 Å². The lowest BCUT2D eigenvalue weighted by atomic mass is 10.1. The van der Waals surface area contributed by atoms with Crippen molar-refractivity contribution >= 4 is 17.5 Å². The molecule has 0 aromatic heterocycles. The Kier molecular flexibility index (Phi) is 5.21. The van der Waals surface area contributed by atoms with E-state index in [0.29, 0.717) is 18.7 Å². The zero-order chi connectivity index (χ0) is 18.7. The fraction of sp³-hybridized carbons (Fsp3) is 0.300. The number of anilines is 1. The van der Waals surface area contributed by atoms with Gasteiger partial charge in [-0.15, -0.1) is 0 Å². The predicted molar refractivity (Wildman–Crippen MR) is 98.5 cm³/mol. The molecule has 2 aromatic rings. The van der Waals surface area contributed by atoms with Crippen molar-refractivity contribution in [3.8, 4) is 0 Å². The normalized spacial score (nSPS) is 16.7. The predicted octanol–water partition coefficient (Wildman–Crippen LogP) is 2.42. The van der Waals surface area contributed by atoms with E-state index in [4.69, 9.17) is 0 Å². The minimum Gasteiger partial charge on any atom is -0.378 e. The third kappa shape index (κ3) is 4.20. The first kappa shape index (κ1) is 17.9. The van der Waals surface area contributed by atoms with E-state index < -0.39 is 0 Å². The topological polar surface area (TPSA) is 52.7 Å². The SMILES string of the molecule is CN(C)c1ccc(C(=O)N[C@H]2CC(=O)N(Cc3ccc(F)cc3)C2)cc1. The number of carbonyl (C=O) groups excluding carboxylic acids is 2. The third-order valence-electron chi connectivity index (χ3n) is 4.48. The standard InChI is InChI=1S/C20H22FN3O2/c1-23(2)18-9-5-15(6-10-18)20(26)22-17-11-19(25)24(13-17)12-14-3-7-16(21)8-4-14/h3-10,17H,11-13H2,1-2H3,(H,22,26)/t17-/m0/s1. The van der Waals surface area contributed by atoms with Gasteiger partial charge in [0, 0.05) is 44.9 Å². The molecule has 1 saturated heterocycles. The zero-order valence-corrected chi connectivity index (χ0v) is 14.9. The molecule has 5 nitrogen and oxygen atoms in total. The van der Waals surface area contributed by atoms with Gasteiger partial charge in [-0.1, -0.05) is 12.1 Å². The van der Waals surface area contributed by atoms with Crippen LogP contribution in [0, 0.1) is 5.82 Å². The van der Waals surface area contributed by atoms with Crippen LogP contribution in [0.2, 0.25) is 0 Å². The molecule has 0 saturated carbocycles. The summed E-state index contributed by atoms with van der Waals surface area (Å²) in [6.07, 6.45) is 0.280. The molecule has 6 heteroatoms. The number of rotatable bonds is 5. The van der Waals surface area contributed by atoms with Crippen LogP contribution in [0.15, 0.2) is 48.5 Å². The molecular weight excluding hydrogens is 333 g/mol. The molecule has 0 radical (unpaired) electrons. The fourth-order valence-corrected chi connectivity index (χ4v) is 3.01. The van der Waals surface area contributed by atoms with Gasteiger partial charge in [-0.05, 0) is 42.0 Å². The van der Waals surface area contributed by atoms with Crippen molar-refractivity contribution in [3.05, 3.63) is 65.5 Å². The van der Waals surface area contributed by atoms with Crippen LogP contribution in [0.5, 0.6) is 0 Å². The second kappa shape index (κ2) is 7.56. The third-order valence-corrected chi connectivity index (χ3v) is 4.48. The number of benzene rings is 2. The van der Waals surface area contributed by atoms with Gasteiger partial charge in [0.2, 0.25) is 5.91 Å². The minimum atomic E-state index is -0.299. The van der Waals surface area contributed by atoms with Crippen molar-refractivity contribution in [2.75, 3.05) is 25.5 Å². The molecule has 3 rings (SSSR count). The van der Waals surface area contributed by atoms with E-state index in [1.54, 1.807) is 29.2 Å². The highest BCUT2D eigenvalue weighted by Gasteiger charge is 2.30. The van der Waals surface area contributed by atoms with E-state index >= 15 is 0 Å². The summed E-state index contributed by atoms with van der Waals surface area (Å²) in [5.41, 5.74) is 2.45. The van der Waals surface area contributed by atoms with Gasteiger partial charge in [0.05, 0.1) is 6.04 Å². The highest BCUT2D eigenvalue weighted by atomic mass is 19.1. The van der Waals surface area contributed by atoms with Crippen LogP contribution in [0.3, 0.4) is 0 Å². The van der Waals surface area contributed by atoms with Gasteiger partial charge in [0.15, 0.2) is 0 Å². The Hall–Kier alpha value is -2.89. The number of carbonyl (C=O) groups is 2. The summed E-state index contributed by atoms with van der Waals surface area (Å²) in [4.78, 5) is 28.2. The molecule has 1 atom stereocenters. The second-order valence-corrected chi connectivity index (χ2v) is 6.72. The maximum Gasteiger partial charge on any atom is 0.251 e. The molecule has 0 unspecified atom stereocenters. The first-order valence-corrected chi connectivity index (χ1v) is 8.53. The van der Waals surface area contributed by atoms with Crippen LogP contribution >= 0.6 is 0 Å². The van der Waals surface area contributed by atoms with Crippen molar-refractivity contribution in [2.24, 2.45) is 0 Å². The quantitative estimate of drug-likeness (QED) is 0.896. The van der Waals surface area contributed by atoms with Gasteiger partial charge >= 0.3 is 0 Å². The largest absolute Gasteiger partial charge is 0.378 e. The highest BCUT2D eigenvalue weighted by Crippen LogP contribution is 2.17. The molecule has 0 aliphatic carbocycles. The van der Waals surface area contributed by atoms with Crippen LogP contribution in [0.25, 0.3) is 0 Å². The Morgan fingerprint density at radius 1 is 1.15 bits per heavy atom. The molecule has 1 N–H and O–H groups in total. The molecule has 0 bridgehead atoms. The van der Waals surface area contributed by atoms with E-state index in [1.807, 2.05) is 31.1 Å². The maximum atomic E-state index is 13.0. The van der Waals surface area contributed by atoms with Crippen LogP contribution in [-0.2, 0) is 11.3 Å². The lowest BCUT2D eigenvalue weighted by molar-refractivity contribution is -0.128. The lowest BCUT2D eigenvalue weighted by Crippen LogP contribution is -2.37. The highest BCUT2D eigenvalue weighted by molar-refractivity contribution is 5.95. The van der Waals surface area contributed by atoms with E-state index in [0.717, 1.165) is 11.3 Å². The summed E-state index contributed by atoms with van der Waals surface area (Å²) in [6.45, 7) is 0.876. The van der Waals surface area contributed by atoms with E-state index in [9.17, 15) is 14.0 Å². The molecule has 2 amide bonds. The van der Waals surface area contributed by atoms with Crippen LogP contribution in [0.1, 0.15) is 22.3 Å².